The third-order valence-electron chi connectivity index (χ3n) is 4.01. The number of halogens is 1. The summed E-state index contributed by atoms with van der Waals surface area (Å²) in [5.41, 5.74) is 2.46. The fourth-order valence-electron chi connectivity index (χ4n) is 2.54. The Balaban J connectivity index is 1.80. The highest BCUT2D eigenvalue weighted by Gasteiger charge is 2.14. The molecule has 3 aromatic carbocycles. The Morgan fingerprint density at radius 3 is 2.07 bits per heavy atom. The second-order valence-corrected chi connectivity index (χ2v) is 7.01. The van der Waals surface area contributed by atoms with Crippen molar-refractivity contribution in [3.8, 4) is 0 Å². The number of rotatable bonds is 6. The van der Waals surface area contributed by atoms with E-state index < -0.39 is 0 Å². The summed E-state index contributed by atoms with van der Waals surface area (Å²) in [7, 11) is 0. The van der Waals surface area contributed by atoms with Crippen LogP contribution in [0.2, 0.25) is 0 Å². The van der Waals surface area contributed by atoms with Crippen LogP contribution in [0, 0.1) is 0 Å². The lowest BCUT2D eigenvalue weighted by Crippen LogP contribution is -2.34. The third kappa shape index (κ3) is 5.66. The Labute approximate surface area is 172 Å². The van der Waals surface area contributed by atoms with Crippen LogP contribution in [-0.4, -0.2) is 11.8 Å². The Bertz CT molecular complexity index is 969. The maximum absolute atomic E-state index is 12.8. The lowest BCUT2D eigenvalue weighted by Gasteiger charge is -2.11. The highest BCUT2D eigenvalue weighted by atomic mass is 79.9. The van der Waals surface area contributed by atoms with Crippen LogP contribution in [0.25, 0.3) is 6.08 Å². The van der Waals surface area contributed by atoms with Gasteiger partial charge in [0.2, 0.25) is 0 Å². The van der Waals surface area contributed by atoms with Gasteiger partial charge in [0.25, 0.3) is 11.8 Å². The van der Waals surface area contributed by atoms with Gasteiger partial charge in [0.05, 0.1) is 0 Å². The van der Waals surface area contributed by atoms with E-state index in [4.69, 9.17) is 0 Å². The lowest BCUT2D eigenvalue weighted by molar-refractivity contribution is -0.117. The zero-order valence-corrected chi connectivity index (χ0v) is 16.6. The van der Waals surface area contributed by atoms with Crippen molar-refractivity contribution >= 4 is 33.8 Å². The van der Waals surface area contributed by atoms with Gasteiger partial charge in [-0.1, -0.05) is 76.6 Å². The quantitative estimate of drug-likeness (QED) is 0.559. The van der Waals surface area contributed by atoms with E-state index in [0.717, 1.165) is 15.6 Å². The van der Waals surface area contributed by atoms with Gasteiger partial charge in [0.1, 0.15) is 5.70 Å². The molecule has 2 N–H and O–H groups in total. The van der Waals surface area contributed by atoms with E-state index in [9.17, 15) is 9.59 Å². The van der Waals surface area contributed by atoms with Crippen LogP contribution in [0.5, 0.6) is 0 Å². The lowest BCUT2D eigenvalue weighted by atomic mass is 10.1. The molecule has 0 fully saturated rings. The minimum atomic E-state index is -0.351. The van der Waals surface area contributed by atoms with E-state index in [1.54, 1.807) is 30.3 Å². The summed E-state index contributed by atoms with van der Waals surface area (Å²) < 4.78 is 0.938. The first kappa shape index (κ1) is 19.6. The average Bonchev–Trinajstić information content (AvgIpc) is 2.74. The molecule has 28 heavy (non-hydrogen) atoms. The average molecular weight is 435 g/mol. The number of carbonyl (C=O) groups excluding carboxylic acids is 2. The molecular weight excluding hydrogens is 416 g/mol. The molecule has 0 aliphatic carbocycles. The summed E-state index contributed by atoms with van der Waals surface area (Å²) in [6.45, 7) is 0.374. The summed E-state index contributed by atoms with van der Waals surface area (Å²) in [6, 6.07) is 25.9. The van der Waals surface area contributed by atoms with Crippen molar-refractivity contribution in [2.24, 2.45) is 0 Å². The zero-order chi connectivity index (χ0) is 19.8. The number of hydrogen-bond acceptors (Lipinski definition) is 2. The van der Waals surface area contributed by atoms with Crippen LogP contribution in [0.4, 0.5) is 0 Å². The highest BCUT2D eigenvalue weighted by Crippen LogP contribution is 2.13. The fraction of sp³-hybridized carbons (Fsp3) is 0.0435. The molecule has 3 rings (SSSR count). The number of carbonyl (C=O) groups is 2. The Kier molecular flexibility index (Phi) is 6.76. The van der Waals surface area contributed by atoms with Gasteiger partial charge in [-0.25, -0.2) is 0 Å². The Morgan fingerprint density at radius 2 is 1.43 bits per heavy atom. The molecule has 2 amide bonds. The molecule has 0 saturated heterocycles. The van der Waals surface area contributed by atoms with Gasteiger partial charge in [-0.2, -0.15) is 0 Å². The summed E-state index contributed by atoms with van der Waals surface area (Å²) in [5, 5.41) is 5.59. The molecule has 0 bridgehead atoms. The van der Waals surface area contributed by atoms with E-state index in [0.29, 0.717) is 12.1 Å². The predicted octanol–water partition coefficient (Wildman–Crippen LogP) is 4.54. The van der Waals surface area contributed by atoms with Gasteiger partial charge < -0.3 is 10.6 Å². The first-order valence-electron chi connectivity index (χ1n) is 8.77. The third-order valence-corrected chi connectivity index (χ3v) is 4.53. The molecule has 0 heterocycles. The summed E-state index contributed by atoms with van der Waals surface area (Å²) in [6.07, 6.45) is 1.66. The fourth-order valence-corrected chi connectivity index (χ4v) is 2.81. The van der Waals surface area contributed by atoms with Gasteiger partial charge in [-0.05, 0) is 41.5 Å². The molecule has 5 heteroatoms. The topological polar surface area (TPSA) is 58.2 Å². The molecule has 0 radical (unpaired) electrons. The Hall–Kier alpha value is -3.18. The maximum atomic E-state index is 12.8. The van der Waals surface area contributed by atoms with Gasteiger partial charge >= 0.3 is 0 Å². The number of nitrogens with one attached hydrogen (secondary N) is 2. The monoisotopic (exact) mass is 434 g/mol. The minimum absolute atomic E-state index is 0.187. The van der Waals surface area contributed by atoms with Gasteiger partial charge in [0, 0.05) is 16.6 Å². The second kappa shape index (κ2) is 9.67. The number of amides is 2. The SMILES string of the molecule is O=C(NCc1ccccc1)/C(=C\c1ccc(Br)cc1)NC(=O)c1ccccc1. The van der Waals surface area contributed by atoms with Crippen LogP contribution >= 0.6 is 15.9 Å². The van der Waals surface area contributed by atoms with Crippen LogP contribution in [0.3, 0.4) is 0 Å². The summed E-state index contributed by atoms with van der Waals surface area (Å²) >= 11 is 3.39. The van der Waals surface area contributed by atoms with Gasteiger partial charge in [0.15, 0.2) is 0 Å². The first-order valence-corrected chi connectivity index (χ1v) is 9.57. The largest absolute Gasteiger partial charge is 0.347 e. The molecule has 0 aromatic heterocycles. The second-order valence-electron chi connectivity index (χ2n) is 6.10. The summed E-state index contributed by atoms with van der Waals surface area (Å²) in [5.74, 6) is -0.685. The molecule has 0 aliphatic heterocycles. The van der Waals surface area contributed by atoms with Gasteiger partial charge in [-0.15, -0.1) is 0 Å². The number of benzene rings is 3. The molecule has 140 valence electrons. The van der Waals surface area contributed by atoms with Crippen molar-refractivity contribution in [3.63, 3.8) is 0 Å². The number of hydrogen-bond donors (Lipinski definition) is 2. The molecule has 0 unspecified atom stereocenters. The van der Waals surface area contributed by atoms with Crippen LogP contribution in [0.15, 0.2) is 95.1 Å². The standard InChI is InChI=1S/C23H19BrN2O2/c24-20-13-11-17(12-14-20)15-21(26-22(27)19-9-5-2-6-10-19)23(28)25-16-18-7-3-1-4-8-18/h1-15H,16H2,(H,25,28)(H,26,27)/b21-15+. The van der Waals surface area contributed by atoms with Crippen LogP contribution < -0.4 is 10.6 Å². The van der Waals surface area contributed by atoms with Crippen LogP contribution in [0.1, 0.15) is 21.5 Å². The van der Waals surface area contributed by atoms with Crippen molar-refractivity contribution in [3.05, 3.63) is 112 Å². The van der Waals surface area contributed by atoms with E-state index in [2.05, 4.69) is 26.6 Å². The maximum Gasteiger partial charge on any atom is 0.268 e. The molecule has 4 nitrogen and oxygen atoms in total. The van der Waals surface area contributed by atoms with Crippen molar-refractivity contribution in [1.82, 2.24) is 10.6 Å². The van der Waals surface area contributed by atoms with E-state index >= 15 is 0 Å². The van der Waals surface area contributed by atoms with E-state index in [1.165, 1.54) is 0 Å². The van der Waals surface area contributed by atoms with Crippen molar-refractivity contribution in [2.45, 2.75) is 6.54 Å². The predicted molar refractivity (Wildman–Crippen MR) is 114 cm³/mol. The molecule has 3 aromatic rings. The van der Waals surface area contributed by atoms with Crippen molar-refractivity contribution in [1.29, 1.82) is 0 Å². The minimum Gasteiger partial charge on any atom is -0.347 e. The summed E-state index contributed by atoms with van der Waals surface area (Å²) in [4.78, 5) is 25.3. The van der Waals surface area contributed by atoms with Crippen molar-refractivity contribution < 1.29 is 9.59 Å². The molecular formula is C23H19BrN2O2. The molecule has 0 saturated carbocycles. The Morgan fingerprint density at radius 1 is 0.821 bits per heavy atom. The van der Waals surface area contributed by atoms with Crippen LogP contribution in [-0.2, 0) is 11.3 Å². The zero-order valence-electron chi connectivity index (χ0n) is 15.1. The highest BCUT2D eigenvalue weighted by molar-refractivity contribution is 9.10. The van der Waals surface area contributed by atoms with Gasteiger partial charge in [-0.3, -0.25) is 9.59 Å². The van der Waals surface area contributed by atoms with E-state index in [-0.39, 0.29) is 17.5 Å². The molecule has 0 aliphatic rings. The normalized spacial score (nSPS) is 11.0. The smallest absolute Gasteiger partial charge is 0.268 e. The van der Waals surface area contributed by atoms with E-state index in [1.807, 2.05) is 60.7 Å². The molecule has 0 atom stereocenters. The van der Waals surface area contributed by atoms with Crippen molar-refractivity contribution in [2.75, 3.05) is 0 Å². The molecule has 0 spiro atoms. The first-order chi connectivity index (χ1) is 13.6.